The summed E-state index contributed by atoms with van der Waals surface area (Å²) in [6, 6.07) is 1.17. The number of rotatable bonds is 6. The fourth-order valence-corrected chi connectivity index (χ4v) is 1.92. The number of hydrogen-bond donors (Lipinski definition) is 1. The summed E-state index contributed by atoms with van der Waals surface area (Å²) in [6.45, 7) is 2.93. The zero-order valence-electron chi connectivity index (χ0n) is 9.11. The monoisotopic (exact) mass is 198 g/mol. The SMILES string of the molecule is CN(CCOCC1CC1)C1CC(N)C1. The number of hydrogen-bond acceptors (Lipinski definition) is 3. The summed E-state index contributed by atoms with van der Waals surface area (Å²) in [7, 11) is 2.18. The van der Waals surface area contributed by atoms with Gasteiger partial charge in [-0.15, -0.1) is 0 Å². The van der Waals surface area contributed by atoms with Gasteiger partial charge in [0.25, 0.3) is 0 Å². The molecule has 2 N–H and O–H groups in total. The maximum atomic E-state index is 5.75. The van der Waals surface area contributed by atoms with Crippen molar-refractivity contribution >= 4 is 0 Å². The van der Waals surface area contributed by atoms with Crippen LogP contribution in [0.15, 0.2) is 0 Å². The van der Waals surface area contributed by atoms with Crippen LogP contribution in [0.25, 0.3) is 0 Å². The van der Waals surface area contributed by atoms with E-state index in [1.807, 2.05) is 0 Å². The van der Waals surface area contributed by atoms with Crippen molar-refractivity contribution in [2.45, 2.75) is 37.8 Å². The van der Waals surface area contributed by atoms with Gasteiger partial charge in [-0.25, -0.2) is 0 Å². The van der Waals surface area contributed by atoms with E-state index < -0.39 is 0 Å². The van der Waals surface area contributed by atoms with Crippen LogP contribution in [0.4, 0.5) is 0 Å². The lowest BCUT2D eigenvalue weighted by Crippen LogP contribution is -2.49. The van der Waals surface area contributed by atoms with E-state index in [9.17, 15) is 0 Å². The molecule has 2 saturated carbocycles. The first-order chi connectivity index (χ1) is 6.75. The summed E-state index contributed by atoms with van der Waals surface area (Å²) >= 11 is 0. The normalized spacial score (nSPS) is 31.9. The minimum atomic E-state index is 0.454. The van der Waals surface area contributed by atoms with Gasteiger partial charge in [-0.2, -0.15) is 0 Å². The summed E-state index contributed by atoms with van der Waals surface area (Å²) in [4.78, 5) is 2.39. The standard InChI is InChI=1S/C11H22N2O/c1-13(11-6-10(12)7-11)4-5-14-8-9-2-3-9/h9-11H,2-8,12H2,1H3. The zero-order chi connectivity index (χ0) is 9.97. The van der Waals surface area contributed by atoms with Gasteiger partial charge in [-0.1, -0.05) is 0 Å². The molecule has 0 unspecified atom stereocenters. The molecule has 0 heterocycles. The van der Waals surface area contributed by atoms with Crippen molar-refractivity contribution in [3.63, 3.8) is 0 Å². The Kier molecular flexibility index (Phi) is 3.42. The Morgan fingerprint density at radius 2 is 2.07 bits per heavy atom. The molecule has 0 aromatic rings. The summed E-state index contributed by atoms with van der Waals surface area (Å²) in [5.74, 6) is 0.887. The van der Waals surface area contributed by atoms with Gasteiger partial charge in [0.15, 0.2) is 0 Å². The number of ether oxygens (including phenoxy) is 1. The van der Waals surface area contributed by atoms with Crippen molar-refractivity contribution in [1.82, 2.24) is 4.90 Å². The van der Waals surface area contributed by atoms with Crippen molar-refractivity contribution in [3.05, 3.63) is 0 Å². The van der Waals surface area contributed by atoms with Crippen LogP contribution in [-0.4, -0.2) is 43.8 Å². The highest BCUT2D eigenvalue weighted by Gasteiger charge is 2.28. The van der Waals surface area contributed by atoms with Crippen molar-refractivity contribution < 1.29 is 4.74 Å². The Morgan fingerprint density at radius 1 is 1.36 bits per heavy atom. The Balaban J connectivity index is 1.47. The average Bonchev–Trinajstić information content (AvgIpc) is 2.90. The molecular weight excluding hydrogens is 176 g/mol. The van der Waals surface area contributed by atoms with Crippen LogP contribution in [0.5, 0.6) is 0 Å². The molecule has 3 heteroatoms. The molecule has 82 valence electrons. The smallest absolute Gasteiger partial charge is 0.0593 e. The van der Waals surface area contributed by atoms with Gasteiger partial charge < -0.3 is 15.4 Å². The van der Waals surface area contributed by atoms with E-state index in [1.54, 1.807) is 0 Å². The molecule has 0 aromatic heterocycles. The van der Waals surface area contributed by atoms with Gasteiger partial charge in [-0.3, -0.25) is 0 Å². The van der Waals surface area contributed by atoms with E-state index in [0.29, 0.717) is 6.04 Å². The predicted molar refractivity (Wildman–Crippen MR) is 57.2 cm³/mol. The Bertz CT molecular complexity index is 176. The molecule has 2 fully saturated rings. The lowest BCUT2D eigenvalue weighted by molar-refractivity contribution is 0.0690. The maximum absolute atomic E-state index is 5.75. The molecule has 0 amide bonds. The molecule has 3 nitrogen and oxygen atoms in total. The predicted octanol–water partition coefficient (Wildman–Crippen LogP) is 0.835. The topological polar surface area (TPSA) is 38.5 Å². The van der Waals surface area contributed by atoms with E-state index in [2.05, 4.69) is 11.9 Å². The summed E-state index contributed by atoms with van der Waals surface area (Å²) in [6.07, 6.45) is 5.10. The van der Waals surface area contributed by atoms with Gasteiger partial charge in [-0.05, 0) is 38.6 Å². The third-order valence-corrected chi connectivity index (χ3v) is 3.41. The maximum Gasteiger partial charge on any atom is 0.0593 e. The molecule has 2 aliphatic carbocycles. The third kappa shape index (κ3) is 2.94. The average molecular weight is 198 g/mol. The highest BCUT2D eigenvalue weighted by molar-refractivity contribution is 4.88. The van der Waals surface area contributed by atoms with Gasteiger partial charge in [0.2, 0.25) is 0 Å². The fourth-order valence-electron chi connectivity index (χ4n) is 1.92. The second kappa shape index (κ2) is 4.60. The number of likely N-dealkylation sites (N-methyl/N-ethyl adjacent to an activating group) is 1. The molecule has 0 saturated heterocycles. The highest BCUT2D eigenvalue weighted by Crippen LogP contribution is 2.28. The third-order valence-electron chi connectivity index (χ3n) is 3.41. The van der Waals surface area contributed by atoms with Gasteiger partial charge in [0, 0.05) is 25.2 Å². The molecule has 0 aromatic carbocycles. The molecule has 0 bridgehead atoms. The highest BCUT2D eigenvalue weighted by atomic mass is 16.5. The van der Waals surface area contributed by atoms with Crippen LogP contribution in [0.3, 0.4) is 0 Å². The minimum Gasteiger partial charge on any atom is -0.380 e. The van der Waals surface area contributed by atoms with Crippen LogP contribution in [0.2, 0.25) is 0 Å². The van der Waals surface area contributed by atoms with Crippen molar-refractivity contribution in [2.24, 2.45) is 11.7 Å². The number of nitrogens with zero attached hydrogens (tertiary/aromatic N) is 1. The summed E-state index contributed by atoms with van der Waals surface area (Å²) < 4.78 is 5.60. The Hall–Kier alpha value is -0.120. The molecule has 14 heavy (non-hydrogen) atoms. The molecule has 0 aliphatic heterocycles. The van der Waals surface area contributed by atoms with Gasteiger partial charge in [0.1, 0.15) is 0 Å². The molecule has 2 aliphatic rings. The lowest BCUT2D eigenvalue weighted by Gasteiger charge is -2.39. The van der Waals surface area contributed by atoms with E-state index in [0.717, 1.165) is 31.7 Å². The molecule has 0 spiro atoms. The van der Waals surface area contributed by atoms with E-state index in [4.69, 9.17) is 10.5 Å². The van der Waals surface area contributed by atoms with E-state index >= 15 is 0 Å². The van der Waals surface area contributed by atoms with Crippen molar-refractivity contribution in [1.29, 1.82) is 0 Å². The zero-order valence-corrected chi connectivity index (χ0v) is 9.11. The van der Waals surface area contributed by atoms with E-state index in [1.165, 1.54) is 25.7 Å². The fraction of sp³-hybridized carbons (Fsp3) is 1.00. The van der Waals surface area contributed by atoms with Gasteiger partial charge in [0.05, 0.1) is 6.61 Å². The molecule has 0 atom stereocenters. The van der Waals surface area contributed by atoms with Gasteiger partial charge >= 0.3 is 0 Å². The quantitative estimate of drug-likeness (QED) is 0.643. The first kappa shape index (κ1) is 10.4. The summed E-state index contributed by atoms with van der Waals surface area (Å²) in [5.41, 5.74) is 5.75. The Labute approximate surface area is 86.6 Å². The van der Waals surface area contributed by atoms with Crippen LogP contribution in [0.1, 0.15) is 25.7 Å². The second-order valence-electron chi connectivity index (χ2n) is 4.88. The summed E-state index contributed by atoms with van der Waals surface area (Å²) in [5, 5.41) is 0. The van der Waals surface area contributed by atoms with Crippen molar-refractivity contribution in [2.75, 3.05) is 26.8 Å². The van der Waals surface area contributed by atoms with Crippen LogP contribution in [0, 0.1) is 5.92 Å². The minimum absolute atomic E-state index is 0.454. The van der Waals surface area contributed by atoms with Crippen LogP contribution < -0.4 is 5.73 Å². The first-order valence-electron chi connectivity index (χ1n) is 5.79. The number of nitrogens with two attached hydrogens (primary N) is 1. The van der Waals surface area contributed by atoms with Crippen molar-refractivity contribution in [3.8, 4) is 0 Å². The lowest BCUT2D eigenvalue weighted by atomic mass is 9.86. The molecular formula is C11H22N2O. The largest absolute Gasteiger partial charge is 0.380 e. The van der Waals surface area contributed by atoms with Crippen LogP contribution >= 0.6 is 0 Å². The molecule has 2 rings (SSSR count). The second-order valence-corrected chi connectivity index (χ2v) is 4.88. The Morgan fingerprint density at radius 3 is 2.64 bits per heavy atom. The van der Waals surface area contributed by atoms with Crippen LogP contribution in [-0.2, 0) is 4.74 Å². The molecule has 0 radical (unpaired) electrons. The first-order valence-corrected chi connectivity index (χ1v) is 5.79. The van der Waals surface area contributed by atoms with E-state index in [-0.39, 0.29) is 0 Å².